The highest BCUT2D eigenvalue weighted by Crippen LogP contribution is 2.28. The normalized spacial score (nSPS) is 21.9. The highest BCUT2D eigenvalue weighted by molar-refractivity contribution is 5.83. The molecule has 7 heteroatoms. The Kier molecular flexibility index (Phi) is 11.0. The molecule has 1 rings (SSSR count). The first-order chi connectivity index (χ1) is 12.9. The lowest BCUT2D eigenvalue weighted by Gasteiger charge is -2.26. The van der Waals surface area contributed by atoms with Gasteiger partial charge in [0.05, 0.1) is 5.92 Å². The van der Waals surface area contributed by atoms with E-state index in [0.29, 0.717) is 32.2 Å². The minimum Gasteiger partial charge on any atom is -0.481 e. The molecule has 1 amide bonds. The van der Waals surface area contributed by atoms with Crippen molar-refractivity contribution in [3.63, 3.8) is 0 Å². The van der Waals surface area contributed by atoms with Gasteiger partial charge in [-0.15, -0.1) is 0 Å². The zero-order valence-corrected chi connectivity index (χ0v) is 16.9. The minimum atomic E-state index is -0.796. The van der Waals surface area contributed by atoms with Gasteiger partial charge in [-0.1, -0.05) is 26.7 Å². The lowest BCUT2D eigenvalue weighted by Crippen LogP contribution is -2.36. The molecule has 2 N–H and O–H groups in total. The van der Waals surface area contributed by atoms with E-state index in [1.165, 1.54) is 0 Å². The molecule has 0 aromatic rings. The number of aliphatic carboxylic acids is 1. The third-order valence-corrected chi connectivity index (χ3v) is 5.04. The van der Waals surface area contributed by atoms with E-state index < -0.39 is 24.5 Å². The zero-order chi connectivity index (χ0) is 20.2. The van der Waals surface area contributed by atoms with E-state index in [-0.39, 0.29) is 17.6 Å². The highest BCUT2D eigenvalue weighted by atomic mass is 16.7. The number of alkyl carbamates (subject to hydrolysis) is 1. The summed E-state index contributed by atoms with van der Waals surface area (Å²) < 4.78 is 10.9. The zero-order valence-electron chi connectivity index (χ0n) is 16.9. The molecule has 0 aromatic heterocycles. The highest BCUT2D eigenvalue weighted by Gasteiger charge is 2.26. The van der Waals surface area contributed by atoms with Crippen LogP contribution in [0, 0.1) is 11.8 Å². The van der Waals surface area contributed by atoms with Gasteiger partial charge < -0.3 is 19.9 Å². The molecule has 1 fully saturated rings. The second kappa shape index (κ2) is 12.7. The van der Waals surface area contributed by atoms with E-state index in [9.17, 15) is 14.4 Å². The molecule has 0 aliphatic heterocycles. The van der Waals surface area contributed by atoms with Crippen LogP contribution in [0.4, 0.5) is 4.79 Å². The predicted molar refractivity (Wildman–Crippen MR) is 101 cm³/mol. The van der Waals surface area contributed by atoms with Crippen LogP contribution in [0.5, 0.6) is 0 Å². The van der Waals surface area contributed by atoms with Crippen molar-refractivity contribution in [3.05, 3.63) is 0 Å². The molecule has 1 aliphatic carbocycles. The van der Waals surface area contributed by atoms with Crippen molar-refractivity contribution >= 4 is 17.8 Å². The van der Waals surface area contributed by atoms with E-state index in [1.54, 1.807) is 6.92 Å². The Morgan fingerprint density at radius 3 is 2.33 bits per heavy atom. The van der Waals surface area contributed by atoms with Gasteiger partial charge in [0.2, 0.25) is 6.29 Å². The second-order valence-corrected chi connectivity index (χ2v) is 7.39. The van der Waals surface area contributed by atoms with E-state index in [4.69, 9.17) is 14.6 Å². The quantitative estimate of drug-likeness (QED) is 0.494. The average Bonchev–Trinajstić information content (AvgIpc) is 2.63. The maximum absolute atomic E-state index is 12.2. The van der Waals surface area contributed by atoms with Gasteiger partial charge in [-0.25, -0.2) is 4.79 Å². The third-order valence-electron chi connectivity index (χ3n) is 5.04. The van der Waals surface area contributed by atoms with E-state index in [2.05, 4.69) is 12.2 Å². The monoisotopic (exact) mass is 385 g/mol. The summed E-state index contributed by atoms with van der Waals surface area (Å²) in [6, 6.07) is 0. The van der Waals surface area contributed by atoms with Gasteiger partial charge in [0, 0.05) is 13.0 Å². The number of rotatable bonds is 12. The Bertz CT molecular complexity index is 473. The summed E-state index contributed by atoms with van der Waals surface area (Å²) in [6.45, 7) is 6.09. The Morgan fingerprint density at radius 2 is 1.78 bits per heavy atom. The van der Waals surface area contributed by atoms with Gasteiger partial charge in [-0.3, -0.25) is 9.59 Å². The number of carboxylic acid groups (broad SMARTS) is 1. The van der Waals surface area contributed by atoms with Crippen molar-refractivity contribution in [2.24, 2.45) is 11.8 Å². The average molecular weight is 386 g/mol. The fraction of sp³-hybridized carbons (Fsp3) is 0.850. The molecule has 27 heavy (non-hydrogen) atoms. The van der Waals surface area contributed by atoms with Crippen LogP contribution >= 0.6 is 0 Å². The Labute approximate surface area is 162 Å². The predicted octanol–water partition coefficient (Wildman–Crippen LogP) is 3.89. The minimum absolute atomic E-state index is 0.0528. The van der Waals surface area contributed by atoms with Crippen LogP contribution in [-0.2, 0) is 19.1 Å². The van der Waals surface area contributed by atoms with Crippen molar-refractivity contribution in [1.82, 2.24) is 5.32 Å². The van der Waals surface area contributed by atoms with Crippen molar-refractivity contribution < 1.29 is 29.0 Å². The topological polar surface area (TPSA) is 102 Å². The molecule has 0 saturated heterocycles. The lowest BCUT2D eigenvalue weighted by atomic mass is 9.82. The van der Waals surface area contributed by atoms with Crippen LogP contribution in [0.1, 0.15) is 78.6 Å². The van der Waals surface area contributed by atoms with Crippen LogP contribution < -0.4 is 5.32 Å². The maximum Gasteiger partial charge on any atom is 0.409 e. The molecular weight excluding hydrogens is 350 g/mol. The van der Waals surface area contributed by atoms with Gasteiger partial charge in [0.1, 0.15) is 6.10 Å². The number of amides is 1. The van der Waals surface area contributed by atoms with Crippen LogP contribution in [0.3, 0.4) is 0 Å². The fourth-order valence-corrected chi connectivity index (χ4v) is 3.39. The van der Waals surface area contributed by atoms with Crippen molar-refractivity contribution in [2.75, 3.05) is 6.54 Å². The van der Waals surface area contributed by atoms with Gasteiger partial charge in [-0.05, 0) is 51.4 Å². The first-order valence-electron chi connectivity index (χ1n) is 10.2. The molecule has 0 bridgehead atoms. The molecule has 0 radical (unpaired) electrons. The number of nitrogens with one attached hydrogen (secondary N) is 1. The fourth-order valence-electron chi connectivity index (χ4n) is 3.39. The number of ether oxygens (including phenoxy) is 2. The van der Waals surface area contributed by atoms with E-state index >= 15 is 0 Å². The lowest BCUT2D eigenvalue weighted by molar-refractivity contribution is -0.156. The molecule has 0 aromatic carbocycles. The summed E-state index contributed by atoms with van der Waals surface area (Å²) in [6.07, 6.45) is 4.70. The van der Waals surface area contributed by atoms with Crippen LogP contribution in [0.25, 0.3) is 0 Å². The van der Waals surface area contributed by atoms with Crippen molar-refractivity contribution in [1.29, 1.82) is 0 Å². The number of unbranched alkanes of at least 4 members (excludes halogenated alkanes) is 1. The molecular formula is C20H35NO6. The van der Waals surface area contributed by atoms with Gasteiger partial charge >= 0.3 is 12.1 Å². The number of Topliss-reactive ketones (excluding diaryl/α,β-unsaturated/α-hetero) is 1. The maximum atomic E-state index is 12.2. The van der Waals surface area contributed by atoms with Gasteiger partial charge in [0.15, 0.2) is 5.78 Å². The SMILES string of the molecule is CCCCC(OC(C)OC(=O)NCC1CCC(C(=O)O)CC1)C(=O)CCC. The Hall–Kier alpha value is -1.63. The molecule has 156 valence electrons. The van der Waals surface area contributed by atoms with E-state index in [1.807, 2.05) is 6.92 Å². The number of carboxylic acids is 1. The number of hydrogen-bond acceptors (Lipinski definition) is 5. The number of carbonyl (C=O) groups excluding carboxylic acids is 2. The van der Waals surface area contributed by atoms with Gasteiger partial charge in [-0.2, -0.15) is 0 Å². The molecule has 1 saturated carbocycles. The summed E-state index contributed by atoms with van der Waals surface area (Å²) in [4.78, 5) is 35.1. The first kappa shape index (κ1) is 23.4. The Morgan fingerprint density at radius 1 is 1.11 bits per heavy atom. The Balaban J connectivity index is 2.33. The van der Waals surface area contributed by atoms with Crippen molar-refractivity contribution in [2.45, 2.75) is 91.0 Å². The molecule has 2 unspecified atom stereocenters. The van der Waals surface area contributed by atoms with Gasteiger partial charge in [0.25, 0.3) is 0 Å². The van der Waals surface area contributed by atoms with Crippen LogP contribution in [-0.4, -0.2) is 41.9 Å². The number of carbonyl (C=O) groups is 3. The van der Waals surface area contributed by atoms with Crippen LogP contribution in [0.15, 0.2) is 0 Å². The third kappa shape index (κ3) is 9.22. The first-order valence-corrected chi connectivity index (χ1v) is 10.2. The summed E-state index contributed by atoms with van der Waals surface area (Å²) in [5, 5.41) is 11.7. The molecule has 0 spiro atoms. The van der Waals surface area contributed by atoms with Crippen LogP contribution in [0.2, 0.25) is 0 Å². The van der Waals surface area contributed by atoms with E-state index in [0.717, 1.165) is 32.1 Å². The van der Waals surface area contributed by atoms with Crippen molar-refractivity contribution in [3.8, 4) is 0 Å². The largest absolute Gasteiger partial charge is 0.481 e. The second-order valence-electron chi connectivity index (χ2n) is 7.39. The number of ketones is 1. The number of hydrogen-bond donors (Lipinski definition) is 2. The summed E-state index contributed by atoms with van der Waals surface area (Å²) >= 11 is 0. The summed E-state index contributed by atoms with van der Waals surface area (Å²) in [7, 11) is 0. The molecule has 7 nitrogen and oxygen atoms in total. The standard InChI is InChI=1S/C20H35NO6/c1-4-6-8-18(17(22)7-5-2)26-14(3)27-20(25)21-13-15-9-11-16(12-10-15)19(23)24/h14-16,18H,4-13H2,1-3H3,(H,21,25)(H,23,24). The molecule has 2 atom stereocenters. The smallest absolute Gasteiger partial charge is 0.409 e. The molecule has 1 aliphatic rings. The summed E-state index contributed by atoms with van der Waals surface area (Å²) in [5.41, 5.74) is 0. The summed E-state index contributed by atoms with van der Waals surface area (Å²) in [5.74, 6) is -0.672. The molecule has 0 heterocycles.